The fourth-order valence-electron chi connectivity index (χ4n) is 3.23. The quantitative estimate of drug-likeness (QED) is 0.867. The molecule has 0 aromatic carbocycles. The highest BCUT2D eigenvalue weighted by molar-refractivity contribution is 6.29. The summed E-state index contributed by atoms with van der Waals surface area (Å²) in [6.45, 7) is 1.34. The molecule has 1 N–H and O–H groups in total. The van der Waals surface area contributed by atoms with Gasteiger partial charge in [0, 0.05) is 48.4 Å². The van der Waals surface area contributed by atoms with E-state index in [4.69, 9.17) is 11.6 Å². The van der Waals surface area contributed by atoms with E-state index in [0.29, 0.717) is 29.7 Å². The molecule has 114 valence electrons. The van der Waals surface area contributed by atoms with Gasteiger partial charge in [0.15, 0.2) is 0 Å². The molecule has 6 heteroatoms. The Kier molecular flexibility index (Phi) is 3.37. The van der Waals surface area contributed by atoms with Gasteiger partial charge in [0.1, 0.15) is 5.15 Å². The Morgan fingerprint density at radius 3 is 3.00 bits per heavy atom. The van der Waals surface area contributed by atoms with Crippen molar-refractivity contribution in [2.75, 3.05) is 6.54 Å². The second-order valence-corrected chi connectivity index (χ2v) is 6.42. The molecule has 0 unspecified atom stereocenters. The van der Waals surface area contributed by atoms with Gasteiger partial charge in [-0.25, -0.2) is 4.98 Å². The van der Waals surface area contributed by atoms with Crippen molar-refractivity contribution in [2.24, 2.45) is 0 Å². The summed E-state index contributed by atoms with van der Waals surface area (Å²) in [7, 11) is 0. The Morgan fingerprint density at radius 1 is 1.41 bits per heavy atom. The molecule has 2 aliphatic rings. The zero-order chi connectivity index (χ0) is 15.1. The molecule has 0 radical (unpaired) electrons. The summed E-state index contributed by atoms with van der Waals surface area (Å²) >= 11 is 5.89. The third-order valence-corrected chi connectivity index (χ3v) is 4.92. The molecule has 3 heterocycles. The lowest BCUT2D eigenvalue weighted by Crippen LogP contribution is -2.36. The van der Waals surface area contributed by atoms with E-state index in [1.54, 1.807) is 18.3 Å². The molecule has 1 amide bonds. The van der Waals surface area contributed by atoms with Crippen molar-refractivity contribution in [3.63, 3.8) is 0 Å². The van der Waals surface area contributed by atoms with Gasteiger partial charge in [0.2, 0.25) is 0 Å². The average Bonchev–Trinajstić information content (AvgIpc) is 2.88. The second-order valence-electron chi connectivity index (χ2n) is 6.04. The Bertz CT molecular complexity index is 723. The molecule has 1 aliphatic heterocycles. The largest absolute Gasteiger partial charge is 0.334 e. The summed E-state index contributed by atoms with van der Waals surface area (Å²) in [5, 5.41) is 8.02. The first-order valence-electron chi connectivity index (χ1n) is 7.69. The van der Waals surface area contributed by atoms with E-state index in [2.05, 4.69) is 15.2 Å². The SMILES string of the molecule is O=C(c1ccnc(Cl)c1)N1CCc2[nH]nc(C3CCC3)c2C1. The molecule has 1 fully saturated rings. The van der Waals surface area contributed by atoms with E-state index in [0.717, 1.165) is 6.42 Å². The number of fused-ring (bicyclic) bond motifs is 1. The van der Waals surface area contributed by atoms with Crippen molar-refractivity contribution in [1.82, 2.24) is 20.1 Å². The van der Waals surface area contributed by atoms with Crippen LogP contribution in [0.3, 0.4) is 0 Å². The van der Waals surface area contributed by atoms with Gasteiger partial charge in [-0.15, -0.1) is 0 Å². The van der Waals surface area contributed by atoms with Crippen molar-refractivity contribution in [1.29, 1.82) is 0 Å². The van der Waals surface area contributed by atoms with Crippen molar-refractivity contribution < 1.29 is 4.79 Å². The standard InChI is InChI=1S/C16H17ClN4O/c17-14-8-11(4-6-18-14)16(22)21-7-5-13-12(9-21)15(20-19-13)10-2-1-3-10/h4,6,8,10H,1-3,5,7,9H2,(H,19,20). The number of nitrogens with zero attached hydrogens (tertiary/aromatic N) is 3. The minimum Gasteiger partial charge on any atom is -0.334 e. The highest BCUT2D eigenvalue weighted by atomic mass is 35.5. The van der Waals surface area contributed by atoms with Crippen molar-refractivity contribution in [3.05, 3.63) is 46.0 Å². The van der Waals surface area contributed by atoms with Crippen molar-refractivity contribution in [3.8, 4) is 0 Å². The number of carbonyl (C=O) groups excluding carboxylic acids is 1. The van der Waals surface area contributed by atoms with Crippen LogP contribution in [-0.2, 0) is 13.0 Å². The Hall–Kier alpha value is -1.88. The van der Waals surface area contributed by atoms with Crippen LogP contribution in [0, 0.1) is 0 Å². The zero-order valence-corrected chi connectivity index (χ0v) is 12.9. The summed E-state index contributed by atoms with van der Waals surface area (Å²) < 4.78 is 0. The van der Waals surface area contributed by atoms with Gasteiger partial charge in [0.05, 0.1) is 5.69 Å². The molecule has 5 nitrogen and oxygen atoms in total. The Balaban J connectivity index is 1.58. The number of H-pyrrole nitrogens is 1. The van der Waals surface area contributed by atoms with Gasteiger partial charge in [-0.3, -0.25) is 9.89 Å². The van der Waals surface area contributed by atoms with E-state index < -0.39 is 0 Å². The van der Waals surface area contributed by atoms with Gasteiger partial charge in [-0.05, 0) is 25.0 Å². The highest BCUT2D eigenvalue weighted by Crippen LogP contribution is 2.38. The lowest BCUT2D eigenvalue weighted by atomic mass is 9.80. The van der Waals surface area contributed by atoms with Crippen LogP contribution in [0.2, 0.25) is 5.15 Å². The van der Waals surface area contributed by atoms with Crippen LogP contribution in [-0.4, -0.2) is 32.5 Å². The van der Waals surface area contributed by atoms with Crippen LogP contribution in [0.15, 0.2) is 18.3 Å². The van der Waals surface area contributed by atoms with Gasteiger partial charge in [0.25, 0.3) is 5.91 Å². The number of pyridine rings is 1. The third kappa shape index (κ3) is 2.29. The maximum Gasteiger partial charge on any atom is 0.254 e. The number of aromatic nitrogens is 3. The van der Waals surface area contributed by atoms with Gasteiger partial charge < -0.3 is 4.90 Å². The fraction of sp³-hybridized carbons (Fsp3) is 0.438. The van der Waals surface area contributed by atoms with Gasteiger partial charge >= 0.3 is 0 Å². The lowest BCUT2D eigenvalue weighted by Gasteiger charge is -2.30. The molecule has 4 rings (SSSR count). The molecule has 1 saturated carbocycles. The lowest BCUT2D eigenvalue weighted by molar-refractivity contribution is 0.0733. The Morgan fingerprint density at radius 2 is 2.27 bits per heavy atom. The van der Waals surface area contributed by atoms with E-state index in [1.165, 1.54) is 36.2 Å². The van der Waals surface area contributed by atoms with Crippen molar-refractivity contribution >= 4 is 17.5 Å². The van der Waals surface area contributed by atoms with Gasteiger partial charge in [-0.1, -0.05) is 18.0 Å². The summed E-state index contributed by atoms with van der Waals surface area (Å²) in [5.74, 6) is 0.584. The maximum absolute atomic E-state index is 12.7. The molecule has 2 aromatic heterocycles. The molecular weight excluding hydrogens is 300 g/mol. The molecule has 0 atom stereocenters. The molecule has 2 aromatic rings. The molecular formula is C16H17ClN4O. The number of amides is 1. The molecule has 0 spiro atoms. The Labute approximate surface area is 133 Å². The second kappa shape index (κ2) is 5.39. The van der Waals surface area contributed by atoms with E-state index in [-0.39, 0.29) is 5.91 Å². The summed E-state index contributed by atoms with van der Waals surface area (Å²) in [6, 6.07) is 3.34. The van der Waals surface area contributed by atoms with Crippen LogP contribution in [0.25, 0.3) is 0 Å². The molecule has 1 aliphatic carbocycles. The van der Waals surface area contributed by atoms with E-state index in [1.807, 2.05) is 4.90 Å². The summed E-state index contributed by atoms with van der Waals surface area (Å²) in [4.78, 5) is 18.5. The van der Waals surface area contributed by atoms with Crippen LogP contribution in [0.4, 0.5) is 0 Å². The molecule has 22 heavy (non-hydrogen) atoms. The highest BCUT2D eigenvalue weighted by Gasteiger charge is 2.31. The first-order valence-corrected chi connectivity index (χ1v) is 8.07. The van der Waals surface area contributed by atoms with Crippen LogP contribution in [0.1, 0.15) is 52.5 Å². The number of hydrogen-bond donors (Lipinski definition) is 1. The zero-order valence-electron chi connectivity index (χ0n) is 12.2. The number of carbonyl (C=O) groups is 1. The maximum atomic E-state index is 12.7. The number of aromatic amines is 1. The van der Waals surface area contributed by atoms with Crippen LogP contribution in [0.5, 0.6) is 0 Å². The normalized spacial score (nSPS) is 18.0. The van der Waals surface area contributed by atoms with Crippen LogP contribution >= 0.6 is 11.6 Å². The average molecular weight is 317 g/mol. The smallest absolute Gasteiger partial charge is 0.254 e. The third-order valence-electron chi connectivity index (χ3n) is 4.72. The summed E-state index contributed by atoms with van der Waals surface area (Å²) in [6.07, 6.45) is 6.11. The van der Waals surface area contributed by atoms with Crippen molar-refractivity contribution in [2.45, 2.75) is 38.1 Å². The first-order chi connectivity index (χ1) is 10.7. The monoisotopic (exact) mass is 316 g/mol. The van der Waals surface area contributed by atoms with Crippen LogP contribution < -0.4 is 0 Å². The predicted molar refractivity (Wildman–Crippen MR) is 82.9 cm³/mol. The minimum atomic E-state index is 0.00992. The number of hydrogen-bond acceptors (Lipinski definition) is 3. The number of rotatable bonds is 2. The fourth-order valence-corrected chi connectivity index (χ4v) is 3.40. The summed E-state index contributed by atoms with van der Waals surface area (Å²) in [5.41, 5.74) is 4.19. The van der Waals surface area contributed by atoms with E-state index >= 15 is 0 Å². The minimum absolute atomic E-state index is 0.00992. The first kappa shape index (κ1) is 13.8. The predicted octanol–water partition coefficient (Wildman–Crippen LogP) is 2.92. The van der Waals surface area contributed by atoms with Gasteiger partial charge in [-0.2, -0.15) is 5.10 Å². The topological polar surface area (TPSA) is 61.9 Å². The number of halogens is 1. The molecule has 0 bridgehead atoms. The number of nitrogens with one attached hydrogen (secondary N) is 1. The molecule has 0 saturated heterocycles. The van der Waals surface area contributed by atoms with E-state index in [9.17, 15) is 4.79 Å².